The number of benzene rings is 1. The highest BCUT2D eigenvalue weighted by atomic mass is 16.6. The Balaban J connectivity index is 1.35. The summed E-state index contributed by atoms with van der Waals surface area (Å²) in [5.74, 6) is 0.844. The van der Waals surface area contributed by atoms with Crippen LogP contribution in [-0.4, -0.2) is 59.8 Å². The fourth-order valence-electron chi connectivity index (χ4n) is 3.75. The molecule has 2 saturated heterocycles. The van der Waals surface area contributed by atoms with Crippen LogP contribution in [0.4, 0.5) is 4.79 Å². The van der Waals surface area contributed by atoms with Crippen molar-refractivity contribution in [3.05, 3.63) is 59.9 Å². The molecular weight excluding hydrogens is 330 g/mol. The molecule has 4 rings (SSSR count). The molecule has 6 heteroatoms. The van der Waals surface area contributed by atoms with Crippen LogP contribution < -0.4 is 4.74 Å². The maximum Gasteiger partial charge on any atom is 0.410 e. The number of hydrogen-bond donors (Lipinski definition) is 0. The topological polar surface area (TPSA) is 54.9 Å². The molecule has 0 bridgehead atoms. The van der Waals surface area contributed by atoms with Crippen LogP contribution in [-0.2, 0) is 17.7 Å². The van der Waals surface area contributed by atoms with Gasteiger partial charge in [0.15, 0.2) is 0 Å². The van der Waals surface area contributed by atoms with Gasteiger partial charge in [-0.25, -0.2) is 4.79 Å². The first-order valence-electron chi connectivity index (χ1n) is 8.94. The standard InChI is InChI=1S/C20H23N3O3/c1-25-17-4-2-15(3-5-17)8-11-23-18-13-22(14-19(18)26-20(23)24)12-16-6-9-21-10-7-16/h2-7,9-10,18-19H,8,11-14H2,1H3/t18-,19+/m0/s1. The third kappa shape index (κ3) is 3.51. The number of hydrogen-bond acceptors (Lipinski definition) is 5. The number of aromatic nitrogens is 1. The minimum absolute atomic E-state index is 0.0276. The highest BCUT2D eigenvalue weighted by Crippen LogP contribution is 2.28. The van der Waals surface area contributed by atoms with E-state index in [9.17, 15) is 4.79 Å². The number of carbonyl (C=O) groups is 1. The molecule has 1 aromatic heterocycles. The number of ether oxygens (including phenoxy) is 2. The average Bonchev–Trinajstić information content (AvgIpc) is 3.17. The maximum atomic E-state index is 12.2. The summed E-state index contributed by atoms with van der Waals surface area (Å²) in [5.41, 5.74) is 2.42. The normalized spacial score (nSPS) is 22.3. The lowest BCUT2D eigenvalue weighted by Gasteiger charge is -2.22. The van der Waals surface area contributed by atoms with Gasteiger partial charge >= 0.3 is 6.09 Å². The predicted molar refractivity (Wildman–Crippen MR) is 97.0 cm³/mol. The first-order chi connectivity index (χ1) is 12.7. The molecule has 0 spiro atoms. The van der Waals surface area contributed by atoms with Gasteiger partial charge in [0.25, 0.3) is 0 Å². The van der Waals surface area contributed by atoms with Crippen molar-refractivity contribution in [2.75, 3.05) is 26.7 Å². The number of nitrogens with zero attached hydrogens (tertiary/aromatic N) is 3. The fraction of sp³-hybridized carbons (Fsp3) is 0.400. The van der Waals surface area contributed by atoms with Crippen molar-refractivity contribution in [2.45, 2.75) is 25.1 Å². The second kappa shape index (κ2) is 7.33. The van der Waals surface area contributed by atoms with Crippen LogP contribution in [0.15, 0.2) is 48.8 Å². The number of carbonyl (C=O) groups excluding carboxylic acids is 1. The molecule has 0 saturated carbocycles. The van der Waals surface area contributed by atoms with Crippen LogP contribution in [0.5, 0.6) is 5.75 Å². The lowest BCUT2D eigenvalue weighted by Crippen LogP contribution is -2.39. The van der Waals surface area contributed by atoms with Crippen LogP contribution in [0.2, 0.25) is 0 Å². The third-order valence-corrected chi connectivity index (χ3v) is 5.16. The van der Waals surface area contributed by atoms with Crippen LogP contribution in [0, 0.1) is 0 Å². The highest BCUT2D eigenvalue weighted by molar-refractivity contribution is 5.71. The Morgan fingerprint density at radius 1 is 1.12 bits per heavy atom. The number of fused-ring (bicyclic) bond motifs is 1. The number of rotatable bonds is 6. The fourth-order valence-corrected chi connectivity index (χ4v) is 3.75. The Kier molecular flexibility index (Phi) is 4.75. The molecular formula is C20H23N3O3. The molecule has 136 valence electrons. The number of likely N-dealkylation sites (tertiary alicyclic amines) is 1. The first-order valence-corrected chi connectivity index (χ1v) is 8.94. The smallest absolute Gasteiger partial charge is 0.410 e. The van der Waals surface area contributed by atoms with Crippen LogP contribution in [0.25, 0.3) is 0 Å². The zero-order valence-electron chi connectivity index (χ0n) is 14.9. The van der Waals surface area contributed by atoms with E-state index in [1.165, 1.54) is 11.1 Å². The predicted octanol–water partition coefficient (Wildman–Crippen LogP) is 2.34. The molecule has 6 nitrogen and oxygen atoms in total. The Labute approximate surface area is 153 Å². The molecule has 0 unspecified atom stereocenters. The summed E-state index contributed by atoms with van der Waals surface area (Å²) >= 11 is 0. The van der Waals surface area contributed by atoms with Crippen molar-refractivity contribution in [1.82, 2.24) is 14.8 Å². The van der Waals surface area contributed by atoms with Gasteiger partial charge in [0.05, 0.1) is 13.2 Å². The second-order valence-corrected chi connectivity index (χ2v) is 6.83. The molecule has 26 heavy (non-hydrogen) atoms. The molecule has 2 aliphatic rings. The summed E-state index contributed by atoms with van der Waals surface area (Å²) in [6.07, 6.45) is 4.23. The van der Waals surface area contributed by atoms with E-state index in [1.807, 2.05) is 53.7 Å². The molecule has 0 radical (unpaired) electrons. The first kappa shape index (κ1) is 16.8. The van der Waals surface area contributed by atoms with E-state index in [0.29, 0.717) is 6.54 Å². The molecule has 2 fully saturated rings. The van der Waals surface area contributed by atoms with Gasteiger partial charge in [-0.2, -0.15) is 0 Å². The van der Waals surface area contributed by atoms with Crippen LogP contribution in [0.1, 0.15) is 11.1 Å². The highest BCUT2D eigenvalue weighted by Gasteiger charge is 2.47. The van der Waals surface area contributed by atoms with E-state index in [0.717, 1.165) is 31.8 Å². The van der Waals surface area contributed by atoms with E-state index >= 15 is 0 Å². The number of pyridine rings is 1. The number of methoxy groups -OCH3 is 1. The van der Waals surface area contributed by atoms with Gasteiger partial charge in [-0.05, 0) is 41.8 Å². The summed E-state index contributed by atoms with van der Waals surface area (Å²) in [7, 11) is 1.66. The van der Waals surface area contributed by atoms with Gasteiger partial charge in [0.2, 0.25) is 0 Å². The van der Waals surface area contributed by atoms with Crippen LogP contribution in [0.3, 0.4) is 0 Å². The molecule has 2 aromatic rings. The van der Waals surface area contributed by atoms with E-state index < -0.39 is 0 Å². The molecule has 2 aliphatic heterocycles. The zero-order chi connectivity index (χ0) is 17.9. The van der Waals surface area contributed by atoms with Gasteiger partial charge < -0.3 is 9.47 Å². The summed E-state index contributed by atoms with van der Waals surface area (Å²) < 4.78 is 10.8. The van der Waals surface area contributed by atoms with Crippen molar-refractivity contribution in [1.29, 1.82) is 0 Å². The molecule has 0 N–H and O–H groups in total. The van der Waals surface area contributed by atoms with E-state index in [2.05, 4.69) is 9.88 Å². The Hall–Kier alpha value is -2.60. The average molecular weight is 353 g/mol. The van der Waals surface area contributed by atoms with Gasteiger partial charge in [-0.15, -0.1) is 0 Å². The van der Waals surface area contributed by atoms with Crippen molar-refractivity contribution in [3.63, 3.8) is 0 Å². The quantitative estimate of drug-likeness (QED) is 0.798. The van der Waals surface area contributed by atoms with E-state index in [4.69, 9.17) is 9.47 Å². The summed E-state index contributed by atoms with van der Waals surface area (Å²) in [4.78, 5) is 20.5. The van der Waals surface area contributed by atoms with Gasteiger partial charge in [-0.1, -0.05) is 12.1 Å². The van der Waals surface area contributed by atoms with Crippen molar-refractivity contribution < 1.29 is 14.3 Å². The van der Waals surface area contributed by atoms with Gasteiger partial charge in [-0.3, -0.25) is 14.8 Å². The minimum atomic E-state index is -0.183. The Bertz CT molecular complexity index is 751. The summed E-state index contributed by atoms with van der Waals surface area (Å²) in [5, 5.41) is 0. The molecule has 1 amide bonds. The van der Waals surface area contributed by atoms with Crippen molar-refractivity contribution >= 4 is 6.09 Å². The monoisotopic (exact) mass is 353 g/mol. The molecule has 1 aromatic carbocycles. The van der Waals surface area contributed by atoms with E-state index in [-0.39, 0.29) is 18.2 Å². The lowest BCUT2D eigenvalue weighted by atomic mass is 10.1. The van der Waals surface area contributed by atoms with Crippen molar-refractivity contribution in [3.8, 4) is 5.75 Å². The Morgan fingerprint density at radius 3 is 2.62 bits per heavy atom. The third-order valence-electron chi connectivity index (χ3n) is 5.16. The number of amides is 1. The molecule has 3 heterocycles. The largest absolute Gasteiger partial charge is 0.497 e. The Morgan fingerprint density at radius 2 is 1.88 bits per heavy atom. The molecule has 0 aliphatic carbocycles. The zero-order valence-corrected chi connectivity index (χ0v) is 14.9. The maximum absolute atomic E-state index is 12.2. The van der Waals surface area contributed by atoms with E-state index in [1.54, 1.807) is 7.11 Å². The SMILES string of the molecule is COc1ccc(CCN2C(=O)O[C@@H]3CN(Cc4ccncc4)C[C@@H]32)cc1. The van der Waals surface area contributed by atoms with Gasteiger partial charge in [0.1, 0.15) is 11.9 Å². The summed E-state index contributed by atoms with van der Waals surface area (Å²) in [6, 6.07) is 12.2. The van der Waals surface area contributed by atoms with Gasteiger partial charge in [0, 0.05) is 38.6 Å². The minimum Gasteiger partial charge on any atom is -0.497 e. The lowest BCUT2D eigenvalue weighted by molar-refractivity contribution is 0.120. The molecule has 2 atom stereocenters. The van der Waals surface area contributed by atoms with Crippen LogP contribution >= 0.6 is 0 Å². The van der Waals surface area contributed by atoms with Crippen molar-refractivity contribution in [2.24, 2.45) is 0 Å². The summed E-state index contributed by atoms with van der Waals surface area (Å²) in [6.45, 7) is 3.17. The second-order valence-electron chi connectivity index (χ2n) is 6.83.